The third kappa shape index (κ3) is 4.78. The van der Waals surface area contributed by atoms with E-state index >= 15 is 0 Å². The lowest BCUT2D eigenvalue weighted by Gasteiger charge is -2.11. The van der Waals surface area contributed by atoms with Crippen molar-refractivity contribution in [3.8, 4) is 39.9 Å². The van der Waals surface area contributed by atoms with E-state index < -0.39 is 0 Å². The van der Waals surface area contributed by atoms with Gasteiger partial charge in [-0.05, 0) is 86.9 Å². The standard InChI is InChI=1S/C51H30N4O/c1-3-12-33-26-37(22-20-31(33)10-1)49-52-50(38-23-21-32-11-2-4-13-34(32)27-38)54-51(53-49)39-24-25-41-47(30-39)56-46-19-9-18-44(48(41)46)55-43-17-8-7-16-40(43)42-28-35-14-5-6-15-36(35)29-45(42)55/h1-30H. The molecule has 0 atom stereocenters. The van der Waals surface area contributed by atoms with Crippen LogP contribution in [0, 0.1) is 0 Å². The Kier molecular flexibility index (Phi) is 6.56. The molecule has 0 saturated heterocycles. The van der Waals surface area contributed by atoms with Crippen LogP contribution in [-0.4, -0.2) is 19.5 Å². The predicted molar refractivity (Wildman–Crippen MR) is 230 cm³/mol. The van der Waals surface area contributed by atoms with Crippen LogP contribution in [0.2, 0.25) is 0 Å². The quantitative estimate of drug-likeness (QED) is 0.182. The van der Waals surface area contributed by atoms with Crippen LogP contribution in [0.5, 0.6) is 0 Å². The van der Waals surface area contributed by atoms with Crippen LogP contribution in [0.4, 0.5) is 0 Å². The fraction of sp³-hybridized carbons (Fsp3) is 0. The van der Waals surface area contributed by atoms with Gasteiger partial charge in [0, 0.05) is 32.8 Å². The van der Waals surface area contributed by atoms with E-state index in [4.69, 9.17) is 19.4 Å². The summed E-state index contributed by atoms with van der Waals surface area (Å²) in [7, 11) is 0. The highest BCUT2D eigenvalue weighted by molar-refractivity contribution is 6.17. The molecule has 3 heterocycles. The summed E-state index contributed by atoms with van der Waals surface area (Å²) in [6.45, 7) is 0. The average Bonchev–Trinajstić information content (AvgIpc) is 3.80. The molecule has 0 N–H and O–H groups in total. The highest BCUT2D eigenvalue weighted by atomic mass is 16.3. The van der Waals surface area contributed by atoms with E-state index in [2.05, 4.69) is 187 Å². The summed E-state index contributed by atoms with van der Waals surface area (Å²) in [4.78, 5) is 15.3. The monoisotopic (exact) mass is 714 g/mol. The Bertz CT molecular complexity index is 3460. The number of para-hydroxylation sites is 1. The number of rotatable bonds is 4. The van der Waals surface area contributed by atoms with Crippen molar-refractivity contribution >= 4 is 76.1 Å². The molecule has 0 aliphatic carbocycles. The van der Waals surface area contributed by atoms with E-state index in [1.807, 2.05) is 0 Å². The van der Waals surface area contributed by atoms with Crippen LogP contribution in [-0.2, 0) is 0 Å². The smallest absolute Gasteiger partial charge is 0.164 e. The highest BCUT2D eigenvalue weighted by Crippen LogP contribution is 2.41. The molecule has 0 aliphatic rings. The predicted octanol–water partition coefficient (Wildman–Crippen LogP) is 13.3. The Hall–Kier alpha value is -7.63. The largest absolute Gasteiger partial charge is 0.456 e. The topological polar surface area (TPSA) is 56.7 Å². The van der Waals surface area contributed by atoms with E-state index in [-0.39, 0.29) is 0 Å². The maximum absolute atomic E-state index is 6.69. The van der Waals surface area contributed by atoms with E-state index in [0.29, 0.717) is 17.5 Å². The summed E-state index contributed by atoms with van der Waals surface area (Å²) >= 11 is 0. The molecule has 56 heavy (non-hydrogen) atoms. The molecule has 0 aliphatic heterocycles. The molecule has 0 fully saturated rings. The number of aromatic nitrogens is 4. The normalized spacial score (nSPS) is 11.9. The SMILES string of the molecule is c1ccc2cc(-c3nc(-c4ccc5ccccc5c4)nc(-c4ccc5c(c4)oc4cccc(-n6c7ccccc7c7cc8ccccc8cc76)c45)n3)ccc2c1. The van der Waals surface area contributed by atoms with Crippen molar-refractivity contribution < 1.29 is 4.42 Å². The van der Waals surface area contributed by atoms with Crippen LogP contribution in [0.25, 0.3) is 116 Å². The van der Waals surface area contributed by atoms with Gasteiger partial charge in [0.1, 0.15) is 11.2 Å². The lowest BCUT2D eigenvalue weighted by Crippen LogP contribution is -2.00. The third-order valence-corrected chi connectivity index (χ3v) is 11.2. The Morgan fingerprint density at radius 1 is 0.339 bits per heavy atom. The minimum absolute atomic E-state index is 0.586. The summed E-state index contributed by atoms with van der Waals surface area (Å²) in [5.74, 6) is 1.83. The van der Waals surface area contributed by atoms with E-state index in [1.54, 1.807) is 0 Å². The van der Waals surface area contributed by atoms with Gasteiger partial charge in [-0.2, -0.15) is 0 Å². The maximum atomic E-state index is 6.69. The van der Waals surface area contributed by atoms with E-state index in [1.165, 1.54) is 32.3 Å². The van der Waals surface area contributed by atoms with Crippen LogP contribution in [0.1, 0.15) is 0 Å². The number of fused-ring (bicyclic) bond motifs is 9. The van der Waals surface area contributed by atoms with Crippen LogP contribution < -0.4 is 0 Å². The van der Waals surface area contributed by atoms with Gasteiger partial charge in [-0.15, -0.1) is 0 Å². The van der Waals surface area contributed by atoms with Crippen molar-refractivity contribution in [3.05, 3.63) is 182 Å². The average molecular weight is 715 g/mol. The van der Waals surface area contributed by atoms with Gasteiger partial charge in [0.25, 0.3) is 0 Å². The molecule has 0 unspecified atom stereocenters. The molecule has 260 valence electrons. The highest BCUT2D eigenvalue weighted by Gasteiger charge is 2.20. The van der Waals surface area contributed by atoms with E-state index in [0.717, 1.165) is 66.1 Å². The fourth-order valence-corrected chi connectivity index (χ4v) is 8.47. The van der Waals surface area contributed by atoms with Crippen molar-refractivity contribution in [2.24, 2.45) is 0 Å². The van der Waals surface area contributed by atoms with Crippen molar-refractivity contribution in [2.75, 3.05) is 0 Å². The first-order valence-corrected chi connectivity index (χ1v) is 18.8. The summed E-state index contributed by atoms with van der Waals surface area (Å²) in [6.07, 6.45) is 0. The Morgan fingerprint density at radius 3 is 1.54 bits per heavy atom. The summed E-state index contributed by atoms with van der Waals surface area (Å²) in [5, 5.41) is 11.6. The fourth-order valence-electron chi connectivity index (χ4n) is 8.47. The Balaban J connectivity index is 1.06. The van der Waals surface area contributed by atoms with Gasteiger partial charge in [-0.3, -0.25) is 0 Å². The first-order valence-electron chi connectivity index (χ1n) is 18.8. The number of hydrogen-bond donors (Lipinski definition) is 0. The lowest BCUT2D eigenvalue weighted by atomic mass is 10.0. The molecular formula is C51H30N4O. The first-order chi connectivity index (χ1) is 27.7. The van der Waals surface area contributed by atoms with Gasteiger partial charge in [-0.25, -0.2) is 15.0 Å². The molecule has 0 saturated carbocycles. The summed E-state index contributed by atoms with van der Waals surface area (Å²) in [5.41, 5.74) is 7.72. The van der Waals surface area contributed by atoms with Gasteiger partial charge < -0.3 is 8.98 Å². The lowest BCUT2D eigenvalue weighted by molar-refractivity contribution is 0.669. The van der Waals surface area contributed by atoms with Gasteiger partial charge in [-0.1, -0.05) is 127 Å². The van der Waals surface area contributed by atoms with Crippen LogP contribution in [0.15, 0.2) is 186 Å². The van der Waals surface area contributed by atoms with E-state index in [9.17, 15) is 0 Å². The van der Waals surface area contributed by atoms with Crippen molar-refractivity contribution in [1.29, 1.82) is 0 Å². The molecule has 3 aromatic heterocycles. The number of hydrogen-bond acceptors (Lipinski definition) is 4. The van der Waals surface area contributed by atoms with Gasteiger partial charge in [0.05, 0.1) is 22.1 Å². The van der Waals surface area contributed by atoms with Gasteiger partial charge in [0.2, 0.25) is 0 Å². The minimum Gasteiger partial charge on any atom is -0.456 e. The number of nitrogens with zero attached hydrogens (tertiary/aromatic N) is 4. The van der Waals surface area contributed by atoms with Crippen molar-refractivity contribution in [3.63, 3.8) is 0 Å². The first kappa shape index (κ1) is 30.8. The second-order valence-electron chi connectivity index (χ2n) is 14.5. The number of furan rings is 1. The number of benzene rings is 9. The maximum Gasteiger partial charge on any atom is 0.164 e. The van der Waals surface area contributed by atoms with Gasteiger partial charge >= 0.3 is 0 Å². The van der Waals surface area contributed by atoms with Crippen LogP contribution in [0.3, 0.4) is 0 Å². The summed E-state index contributed by atoms with van der Waals surface area (Å²) in [6, 6.07) is 64.0. The van der Waals surface area contributed by atoms with Crippen LogP contribution >= 0.6 is 0 Å². The zero-order valence-corrected chi connectivity index (χ0v) is 30.0. The second-order valence-corrected chi connectivity index (χ2v) is 14.5. The summed E-state index contributed by atoms with van der Waals surface area (Å²) < 4.78 is 9.08. The van der Waals surface area contributed by atoms with Gasteiger partial charge in [0.15, 0.2) is 17.5 Å². The second kappa shape index (κ2) is 11.9. The Labute approximate surface area is 320 Å². The van der Waals surface area contributed by atoms with Crippen molar-refractivity contribution in [2.45, 2.75) is 0 Å². The molecule has 5 heteroatoms. The molecular weight excluding hydrogens is 685 g/mol. The molecule has 0 bridgehead atoms. The third-order valence-electron chi connectivity index (χ3n) is 11.2. The molecule has 9 aromatic carbocycles. The van der Waals surface area contributed by atoms with Crippen molar-refractivity contribution in [1.82, 2.24) is 19.5 Å². The molecule has 0 amide bonds. The molecule has 12 aromatic rings. The molecule has 0 spiro atoms. The molecule has 5 nitrogen and oxygen atoms in total. The zero-order chi connectivity index (χ0) is 36.7. The minimum atomic E-state index is 0.586. The molecule has 12 rings (SSSR count). The molecule has 0 radical (unpaired) electrons. The Morgan fingerprint density at radius 2 is 0.875 bits per heavy atom. The zero-order valence-electron chi connectivity index (χ0n) is 30.0.